The molecule has 2 nitrogen and oxygen atoms in total. The summed E-state index contributed by atoms with van der Waals surface area (Å²) in [4.78, 5) is 0. The lowest BCUT2D eigenvalue weighted by molar-refractivity contribution is -0.224. The Labute approximate surface area is 113 Å². The fourth-order valence-electron chi connectivity index (χ4n) is 2.20. The van der Waals surface area contributed by atoms with Crippen molar-refractivity contribution in [2.75, 3.05) is 13.2 Å². The third kappa shape index (κ3) is 7.17. The first kappa shape index (κ1) is 15.7. The Balaban J connectivity index is 1.88. The summed E-state index contributed by atoms with van der Waals surface area (Å²) in [6.07, 6.45) is 12.2. The van der Waals surface area contributed by atoms with Gasteiger partial charge in [0, 0.05) is 5.41 Å². The van der Waals surface area contributed by atoms with Gasteiger partial charge in [-0.3, -0.25) is 0 Å². The van der Waals surface area contributed by atoms with E-state index in [9.17, 15) is 0 Å². The number of allylic oxidation sites excluding steroid dienone is 1. The molecular weight excluding hydrogens is 224 g/mol. The van der Waals surface area contributed by atoms with E-state index in [1.54, 1.807) is 0 Å². The summed E-state index contributed by atoms with van der Waals surface area (Å²) >= 11 is 0. The van der Waals surface area contributed by atoms with Crippen molar-refractivity contribution in [2.45, 2.75) is 71.5 Å². The third-order valence-electron chi connectivity index (χ3n) is 3.42. The Hall–Kier alpha value is -0.340. The van der Waals surface area contributed by atoms with Gasteiger partial charge in [-0.2, -0.15) is 0 Å². The van der Waals surface area contributed by atoms with Crippen LogP contribution in [0.4, 0.5) is 0 Å². The van der Waals surface area contributed by atoms with Gasteiger partial charge in [-0.15, -0.1) is 6.58 Å². The first-order valence-corrected chi connectivity index (χ1v) is 7.48. The van der Waals surface area contributed by atoms with Crippen LogP contribution in [0.2, 0.25) is 0 Å². The van der Waals surface area contributed by atoms with Gasteiger partial charge in [0.25, 0.3) is 0 Å². The van der Waals surface area contributed by atoms with Crippen molar-refractivity contribution >= 4 is 0 Å². The van der Waals surface area contributed by atoms with Gasteiger partial charge in [0.15, 0.2) is 6.29 Å². The van der Waals surface area contributed by atoms with Crippen LogP contribution in [0.15, 0.2) is 12.7 Å². The maximum absolute atomic E-state index is 5.72. The Morgan fingerprint density at radius 1 is 1.00 bits per heavy atom. The van der Waals surface area contributed by atoms with Gasteiger partial charge in [-0.1, -0.05) is 45.6 Å². The Morgan fingerprint density at radius 3 is 2.17 bits per heavy atom. The van der Waals surface area contributed by atoms with Gasteiger partial charge in [0.1, 0.15) is 0 Å². The molecule has 0 aromatic heterocycles. The lowest BCUT2D eigenvalue weighted by Crippen LogP contribution is -2.37. The highest BCUT2D eigenvalue weighted by atomic mass is 16.7. The van der Waals surface area contributed by atoms with E-state index in [1.165, 1.54) is 44.9 Å². The zero-order valence-corrected chi connectivity index (χ0v) is 12.2. The fraction of sp³-hybridized carbons (Fsp3) is 0.875. The summed E-state index contributed by atoms with van der Waals surface area (Å²) in [7, 11) is 0. The summed E-state index contributed by atoms with van der Waals surface area (Å²) in [5.74, 6) is 0. The number of unbranched alkanes of at least 4 members (excludes halogenated alkanes) is 6. The number of hydrogen-bond donors (Lipinski definition) is 0. The van der Waals surface area contributed by atoms with Crippen molar-refractivity contribution in [3.8, 4) is 0 Å². The third-order valence-corrected chi connectivity index (χ3v) is 3.42. The summed E-state index contributed by atoms with van der Waals surface area (Å²) in [6.45, 7) is 9.78. The van der Waals surface area contributed by atoms with Crippen LogP contribution in [-0.2, 0) is 9.47 Å². The van der Waals surface area contributed by atoms with E-state index in [2.05, 4.69) is 20.4 Å². The van der Waals surface area contributed by atoms with E-state index in [-0.39, 0.29) is 11.7 Å². The van der Waals surface area contributed by atoms with Crippen molar-refractivity contribution in [2.24, 2.45) is 5.41 Å². The molecule has 0 aromatic carbocycles. The van der Waals surface area contributed by atoms with Crippen LogP contribution in [0.5, 0.6) is 0 Å². The largest absolute Gasteiger partial charge is 0.352 e. The molecule has 106 valence electrons. The highest BCUT2D eigenvalue weighted by Gasteiger charge is 2.27. The molecule has 1 fully saturated rings. The monoisotopic (exact) mass is 254 g/mol. The van der Waals surface area contributed by atoms with Crippen LogP contribution in [0, 0.1) is 5.41 Å². The lowest BCUT2D eigenvalue weighted by Gasteiger charge is -2.34. The predicted octanol–water partition coefficient (Wildman–Crippen LogP) is 4.69. The van der Waals surface area contributed by atoms with Crippen molar-refractivity contribution in [1.29, 1.82) is 0 Å². The van der Waals surface area contributed by atoms with Gasteiger partial charge in [-0.05, 0) is 25.7 Å². The molecule has 2 heteroatoms. The standard InChI is InChI=1S/C16H30O2/c1-4-5-6-7-8-9-10-11-12-15-17-13-16(2,3)14-18-15/h4,15H,1,5-14H2,2-3H3. The molecule has 0 atom stereocenters. The number of rotatable bonds is 9. The minimum Gasteiger partial charge on any atom is -0.352 e. The van der Waals surface area contributed by atoms with Gasteiger partial charge in [0.2, 0.25) is 0 Å². The zero-order chi connectivity index (χ0) is 13.3. The molecule has 0 saturated carbocycles. The van der Waals surface area contributed by atoms with Gasteiger partial charge in [-0.25, -0.2) is 0 Å². The van der Waals surface area contributed by atoms with Crippen LogP contribution in [0.25, 0.3) is 0 Å². The molecule has 0 aromatic rings. The van der Waals surface area contributed by atoms with Crippen molar-refractivity contribution in [3.05, 3.63) is 12.7 Å². The Morgan fingerprint density at radius 2 is 1.56 bits per heavy atom. The first-order chi connectivity index (χ1) is 8.64. The summed E-state index contributed by atoms with van der Waals surface area (Å²) in [5.41, 5.74) is 0.196. The average Bonchev–Trinajstić information content (AvgIpc) is 2.34. The molecule has 0 aliphatic carbocycles. The molecule has 0 N–H and O–H groups in total. The van der Waals surface area contributed by atoms with E-state index in [4.69, 9.17) is 9.47 Å². The molecule has 0 unspecified atom stereocenters. The van der Waals surface area contributed by atoms with Gasteiger partial charge in [0.05, 0.1) is 13.2 Å². The molecule has 1 saturated heterocycles. The second-order valence-corrected chi connectivity index (χ2v) is 6.20. The topological polar surface area (TPSA) is 18.5 Å². The Kier molecular flexibility index (Phi) is 7.60. The smallest absolute Gasteiger partial charge is 0.157 e. The summed E-state index contributed by atoms with van der Waals surface area (Å²) in [6, 6.07) is 0. The van der Waals surface area contributed by atoms with E-state index in [1.807, 2.05) is 6.08 Å². The molecule has 0 bridgehead atoms. The number of ether oxygens (including phenoxy) is 2. The quantitative estimate of drug-likeness (QED) is 0.439. The first-order valence-electron chi connectivity index (χ1n) is 7.48. The second kappa shape index (κ2) is 8.71. The normalized spacial score (nSPS) is 19.9. The van der Waals surface area contributed by atoms with Crippen molar-refractivity contribution < 1.29 is 9.47 Å². The SMILES string of the molecule is C=CCCCCCCCCC1OCC(C)(C)CO1. The van der Waals surface area contributed by atoms with Crippen molar-refractivity contribution in [1.82, 2.24) is 0 Å². The highest BCUT2D eigenvalue weighted by molar-refractivity contribution is 4.71. The number of hydrogen-bond acceptors (Lipinski definition) is 2. The maximum Gasteiger partial charge on any atom is 0.157 e. The van der Waals surface area contributed by atoms with E-state index >= 15 is 0 Å². The van der Waals surface area contributed by atoms with E-state index in [0.717, 1.165) is 19.6 Å². The summed E-state index contributed by atoms with van der Waals surface area (Å²) in [5, 5.41) is 0. The van der Waals surface area contributed by atoms with Gasteiger partial charge < -0.3 is 9.47 Å². The predicted molar refractivity (Wildman–Crippen MR) is 76.6 cm³/mol. The lowest BCUT2D eigenvalue weighted by atomic mass is 9.95. The molecule has 1 heterocycles. The molecule has 1 rings (SSSR count). The van der Waals surface area contributed by atoms with E-state index < -0.39 is 0 Å². The van der Waals surface area contributed by atoms with Crippen molar-refractivity contribution in [3.63, 3.8) is 0 Å². The second-order valence-electron chi connectivity index (χ2n) is 6.20. The Bertz CT molecular complexity index is 213. The zero-order valence-electron chi connectivity index (χ0n) is 12.2. The maximum atomic E-state index is 5.72. The molecule has 1 aliphatic rings. The molecule has 0 radical (unpaired) electrons. The minimum absolute atomic E-state index is 0.0544. The van der Waals surface area contributed by atoms with Crippen LogP contribution in [0.1, 0.15) is 65.2 Å². The molecule has 1 aliphatic heterocycles. The highest BCUT2D eigenvalue weighted by Crippen LogP contribution is 2.25. The molecular formula is C16H30O2. The molecule has 0 spiro atoms. The van der Waals surface area contributed by atoms with Crippen LogP contribution >= 0.6 is 0 Å². The van der Waals surface area contributed by atoms with E-state index in [0.29, 0.717) is 0 Å². The summed E-state index contributed by atoms with van der Waals surface area (Å²) < 4.78 is 11.4. The molecule has 0 amide bonds. The fourth-order valence-corrected chi connectivity index (χ4v) is 2.20. The van der Waals surface area contributed by atoms with Crippen LogP contribution in [0.3, 0.4) is 0 Å². The van der Waals surface area contributed by atoms with Crippen LogP contribution in [-0.4, -0.2) is 19.5 Å². The minimum atomic E-state index is 0.0544. The molecule has 18 heavy (non-hydrogen) atoms. The van der Waals surface area contributed by atoms with Gasteiger partial charge >= 0.3 is 0 Å². The average molecular weight is 254 g/mol. The van der Waals surface area contributed by atoms with Crippen LogP contribution < -0.4 is 0 Å².